The quantitative estimate of drug-likeness (QED) is 0.766. The number of benzene rings is 1. The Hall–Kier alpha value is -0.530. The minimum absolute atomic E-state index is 0.175. The van der Waals surface area contributed by atoms with Crippen LogP contribution in [0.3, 0.4) is 0 Å². The summed E-state index contributed by atoms with van der Waals surface area (Å²) in [6.45, 7) is 2.70. The third-order valence-electron chi connectivity index (χ3n) is 3.29. The zero-order valence-electron chi connectivity index (χ0n) is 10.3. The van der Waals surface area contributed by atoms with Crippen molar-refractivity contribution in [2.24, 2.45) is 5.92 Å². The summed E-state index contributed by atoms with van der Waals surface area (Å²) < 4.78 is 52.0. The maximum atomic E-state index is 13.2. The first-order valence-corrected chi connectivity index (χ1v) is 8.27. The normalized spacial score (nSPS) is 25.5. The van der Waals surface area contributed by atoms with Crippen LogP contribution in [0.4, 0.5) is 8.78 Å². The number of piperidine rings is 1. The predicted molar refractivity (Wildman–Crippen MR) is 71.6 cm³/mol. The van der Waals surface area contributed by atoms with E-state index >= 15 is 0 Å². The molecule has 0 saturated carbocycles. The van der Waals surface area contributed by atoms with Gasteiger partial charge < -0.3 is 0 Å². The first-order chi connectivity index (χ1) is 8.82. The molecule has 3 nitrogen and oxygen atoms in total. The molecule has 1 fully saturated rings. The third kappa shape index (κ3) is 2.98. The van der Waals surface area contributed by atoms with Gasteiger partial charge in [0.05, 0.1) is 4.90 Å². The lowest BCUT2D eigenvalue weighted by atomic mass is 10.0. The standard InChI is InChI=1S/C12H14BrF2NO2S/c1-8-7-16(5-4-10(8)13)19(17,18)9-2-3-11(14)12(15)6-9/h2-3,6,8,10H,4-5,7H2,1H3. The van der Waals surface area contributed by atoms with E-state index in [0.717, 1.165) is 18.2 Å². The van der Waals surface area contributed by atoms with Gasteiger partial charge in [0.2, 0.25) is 10.0 Å². The summed E-state index contributed by atoms with van der Waals surface area (Å²) in [7, 11) is -3.75. The summed E-state index contributed by atoms with van der Waals surface area (Å²) >= 11 is 3.49. The van der Waals surface area contributed by atoms with E-state index in [1.165, 1.54) is 4.31 Å². The van der Waals surface area contributed by atoms with Crippen LogP contribution >= 0.6 is 15.9 Å². The van der Waals surface area contributed by atoms with Gasteiger partial charge in [0.25, 0.3) is 0 Å². The Morgan fingerprint density at radius 2 is 2.00 bits per heavy atom. The van der Waals surface area contributed by atoms with Gasteiger partial charge in [-0.2, -0.15) is 4.31 Å². The molecule has 1 aliphatic rings. The number of halogens is 3. The van der Waals surface area contributed by atoms with Crippen LogP contribution in [0.25, 0.3) is 0 Å². The van der Waals surface area contributed by atoms with Crippen molar-refractivity contribution in [3.8, 4) is 0 Å². The molecule has 0 amide bonds. The van der Waals surface area contributed by atoms with Crippen molar-refractivity contribution in [1.29, 1.82) is 0 Å². The van der Waals surface area contributed by atoms with E-state index in [1.807, 2.05) is 6.92 Å². The lowest BCUT2D eigenvalue weighted by molar-refractivity contribution is 0.291. The molecule has 106 valence electrons. The van der Waals surface area contributed by atoms with Crippen molar-refractivity contribution in [2.45, 2.75) is 23.1 Å². The maximum absolute atomic E-state index is 13.2. The Morgan fingerprint density at radius 3 is 2.58 bits per heavy atom. The van der Waals surface area contributed by atoms with Crippen LogP contribution in [-0.4, -0.2) is 30.6 Å². The summed E-state index contributed by atoms with van der Waals surface area (Å²) in [5.41, 5.74) is 0. The minimum Gasteiger partial charge on any atom is -0.207 e. The highest BCUT2D eigenvalue weighted by Crippen LogP contribution is 2.28. The average molecular weight is 354 g/mol. The molecular weight excluding hydrogens is 340 g/mol. The Balaban J connectivity index is 2.29. The molecule has 0 bridgehead atoms. The van der Waals surface area contributed by atoms with E-state index in [-0.39, 0.29) is 15.6 Å². The van der Waals surface area contributed by atoms with Gasteiger partial charge in [0.15, 0.2) is 11.6 Å². The summed E-state index contributed by atoms with van der Waals surface area (Å²) in [6.07, 6.45) is 0.698. The molecule has 1 heterocycles. The van der Waals surface area contributed by atoms with E-state index in [4.69, 9.17) is 0 Å². The van der Waals surface area contributed by atoms with Gasteiger partial charge in [-0.3, -0.25) is 0 Å². The van der Waals surface area contributed by atoms with Crippen molar-refractivity contribution < 1.29 is 17.2 Å². The second-order valence-electron chi connectivity index (χ2n) is 4.72. The first-order valence-electron chi connectivity index (χ1n) is 5.91. The van der Waals surface area contributed by atoms with Crippen molar-refractivity contribution >= 4 is 26.0 Å². The van der Waals surface area contributed by atoms with Gasteiger partial charge in [-0.15, -0.1) is 0 Å². The number of sulfonamides is 1. The molecule has 0 radical (unpaired) electrons. The molecule has 1 aliphatic heterocycles. The molecule has 2 unspecified atom stereocenters. The van der Waals surface area contributed by atoms with Crippen LogP contribution in [0.2, 0.25) is 0 Å². The van der Waals surface area contributed by atoms with Gasteiger partial charge in [-0.1, -0.05) is 22.9 Å². The number of rotatable bonds is 2. The molecule has 2 atom stereocenters. The topological polar surface area (TPSA) is 37.4 Å². The molecule has 0 aromatic heterocycles. The van der Waals surface area contributed by atoms with E-state index < -0.39 is 21.7 Å². The lowest BCUT2D eigenvalue weighted by Crippen LogP contribution is -2.43. The highest BCUT2D eigenvalue weighted by atomic mass is 79.9. The third-order valence-corrected chi connectivity index (χ3v) is 6.51. The zero-order valence-corrected chi connectivity index (χ0v) is 12.7. The summed E-state index contributed by atoms with van der Waals surface area (Å²) in [5, 5.41) is 0. The molecule has 1 saturated heterocycles. The van der Waals surface area contributed by atoms with E-state index in [1.54, 1.807) is 0 Å². The second kappa shape index (κ2) is 5.46. The maximum Gasteiger partial charge on any atom is 0.243 e. The molecule has 7 heteroatoms. The van der Waals surface area contributed by atoms with Crippen LogP contribution in [0.15, 0.2) is 23.1 Å². The Morgan fingerprint density at radius 1 is 1.32 bits per heavy atom. The van der Waals surface area contributed by atoms with Gasteiger partial charge >= 0.3 is 0 Å². The Bertz CT molecular complexity index is 579. The van der Waals surface area contributed by atoms with E-state index in [0.29, 0.717) is 19.5 Å². The van der Waals surface area contributed by atoms with Crippen molar-refractivity contribution in [3.05, 3.63) is 29.8 Å². The van der Waals surface area contributed by atoms with Gasteiger partial charge in [0, 0.05) is 17.9 Å². The zero-order chi connectivity index (χ0) is 14.2. The van der Waals surface area contributed by atoms with E-state index in [2.05, 4.69) is 15.9 Å². The number of alkyl halides is 1. The van der Waals surface area contributed by atoms with Crippen molar-refractivity contribution in [2.75, 3.05) is 13.1 Å². The molecular formula is C12H14BrF2NO2S. The van der Waals surface area contributed by atoms with Crippen molar-refractivity contribution in [3.63, 3.8) is 0 Å². The van der Waals surface area contributed by atoms with Gasteiger partial charge in [0.1, 0.15) is 0 Å². The van der Waals surface area contributed by atoms with Crippen LogP contribution in [0.5, 0.6) is 0 Å². The molecule has 1 aromatic carbocycles. The predicted octanol–water partition coefficient (Wildman–Crippen LogP) is 2.76. The van der Waals surface area contributed by atoms with Crippen molar-refractivity contribution in [1.82, 2.24) is 4.31 Å². The first kappa shape index (κ1) is 14.9. The largest absolute Gasteiger partial charge is 0.243 e. The molecule has 1 aromatic rings. The fourth-order valence-corrected chi connectivity index (χ4v) is 4.02. The summed E-state index contributed by atoms with van der Waals surface area (Å²) in [6, 6.07) is 2.66. The minimum atomic E-state index is -3.75. The van der Waals surface area contributed by atoms with Crippen LogP contribution in [0.1, 0.15) is 13.3 Å². The molecule has 2 rings (SSSR count). The highest BCUT2D eigenvalue weighted by molar-refractivity contribution is 9.09. The summed E-state index contributed by atoms with van der Waals surface area (Å²) in [4.78, 5) is 0.0792. The number of hydrogen-bond acceptors (Lipinski definition) is 2. The second-order valence-corrected chi connectivity index (χ2v) is 7.84. The molecule has 0 aliphatic carbocycles. The molecule has 0 N–H and O–H groups in total. The fraction of sp³-hybridized carbons (Fsp3) is 0.500. The number of nitrogens with zero attached hydrogens (tertiary/aromatic N) is 1. The van der Waals surface area contributed by atoms with Crippen LogP contribution in [-0.2, 0) is 10.0 Å². The Labute approximate surface area is 119 Å². The van der Waals surface area contributed by atoms with Crippen LogP contribution < -0.4 is 0 Å². The molecule has 0 spiro atoms. The smallest absolute Gasteiger partial charge is 0.207 e. The fourth-order valence-electron chi connectivity index (χ4n) is 2.08. The monoisotopic (exact) mass is 353 g/mol. The SMILES string of the molecule is CC1CN(S(=O)(=O)c2ccc(F)c(F)c2)CCC1Br. The van der Waals surface area contributed by atoms with Gasteiger partial charge in [-0.25, -0.2) is 17.2 Å². The lowest BCUT2D eigenvalue weighted by Gasteiger charge is -2.33. The van der Waals surface area contributed by atoms with Crippen LogP contribution in [0, 0.1) is 17.6 Å². The number of hydrogen-bond donors (Lipinski definition) is 0. The average Bonchev–Trinajstić information content (AvgIpc) is 2.35. The summed E-state index contributed by atoms with van der Waals surface area (Å²) in [5.74, 6) is -2.02. The van der Waals surface area contributed by atoms with Gasteiger partial charge in [-0.05, 0) is 30.5 Å². The highest BCUT2D eigenvalue weighted by Gasteiger charge is 2.32. The van der Waals surface area contributed by atoms with E-state index in [9.17, 15) is 17.2 Å². The Kier molecular flexibility index (Phi) is 4.27. The molecule has 19 heavy (non-hydrogen) atoms.